The monoisotopic (exact) mass is 346 g/mol. The van der Waals surface area contributed by atoms with Crippen LogP contribution in [0.2, 0.25) is 0 Å². The summed E-state index contributed by atoms with van der Waals surface area (Å²) in [4.78, 5) is 7.52. The van der Waals surface area contributed by atoms with Gasteiger partial charge in [-0.2, -0.15) is 0 Å². The van der Waals surface area contributed by atoms with E-state index in [1.54, 1.807) is 0 Å². The Morgan fingerprint density at radius 3 is 2.50 bits per heavy atom. The molecule has 1 N–H and O–H groups in total. The first-order valence-corrected chi connectivity index (χ1v) is 9.85. The van der Waals surface area contributed by atoms with Gasteiger partial charge in [0.1, 0.15) is 5.82 Å². The number of piperidine rings is 3. The van der Waals surface area contributed by atoms with E-state index in [4.69, 9.17) is 4.98 Å². The first-order valence-electron chi connectivity index (χ1n) is 9.85. The molecular weight excluding hydrogens is 320 g/mol. The van der Waals surface area contributed by atoms with E-state index in [0.717, 1.165) is 30.3 Å². The Labute approximate surface area is 154 Å². The van der Waals surface area contributed by atoms with Crippen LogP contribution in [0.1, 0.15) is 12.8 Å². The lowest BCUT2D eigenvalue weighted by Crippen LogP contribution is -2.56. The number of hydrogen-bond donors (Lipinski definition) is 1. The molecule has 0 radical (unpaired) electrons. The van der Waals surface area contributed by atoms with Crippen LogP contribution in [0.3, 0.4) is 0 Å². The van der Waals surface area contributed by atoms with E-state index in [2.05, 4.69) is 69.4 Å². The number of hydrogen-bond acceptors (Lipinski definition) is 3. The minimum Gasteiger partial charge on any atom is -0.323 e. The van der Waals surface area contributed by atoms with Gasteiger partial charge in [0.2, 0.25) is 0 Å². The summed E-state index contributed by atoms with van der Waals surface area (Å²) < 4.78 is 2.37. The molecule has 1 aromatic heterocycles. The fourth-order valence-corrected chi connectivity index (χ4v) is 4.67. The molecule has 0 aliphatic carbocycles. The normalized spacial score (nSPS) is 25.0. The van der Waals surface area contributed by atoms with Gasteiger partial charge in [-0.3, -0.25) is 0 Å². The highest BCUT2D eigenvalue weighted by Crippen LogP contribution is 2.28. The standard InChI is InChI=1S/C22H26N4/c1-2-6-18(7-3-1)22-24-19-8-4-5-9-21(19)26(22)15-12-23-20-16-25-13-10-17(20)11-14-25/h1-9,17,20,23H,10-16H2/t20-/m0/s1. The second-order valence-electron chi connectivity index (χ2n) is 7.64. The minimum absolute atomic E-state index is 0.660. The SMILES string of the molecule is c1ccc(-c2nc3ccccc3n2CCN[C@H]2CN3CCC2CC3)cc1. The number of rotatable bonds is 5. The fraction of sp³-hybridized carbons (Fsp3) is 0.409. The van der Waals surface area contributed by atoms with Crippen molar-refractivity contribution < 1.29 is 0 Å². The number of nitrogens with zero attached hydrogens (tertiary/aromatic N) is 3. The van der Waals surface area contributed by atoms with Crippen LogP contribution >= 0.6 is 0 Å². The van der Waals surface area contributed by atoms with Crippen molar-refractivity contribution in [3.63, 3.8) is 0 Å². The van der Waals surface area contributed by atoms with Crippen molar-refractivity contribution in [3.8, 4) is 11.4 Å². The summed E-state index contributed by atoms with van der Waals surface area (Å²) in [6.45, 7) is 5.77. The van der Waals surface area contributed by atoms with Crippen LogP contribution < -0.4 is 5.32 Å². The van der Waals surface area contributed by atoms with Crippen LogP contribution in [0.15, 0.2) is 54.6 Å². The van der Waals surface area contributed by atoms with Gasteiger partial charge in [0, 0.05) is 31.2 Å². The molecule has 0 amide bonds. The second-order valence-corrected chi connectivity index (χ2v) is 7.64. The maximum absolute atomic E-state index is 4.91. The van der Waals surface area contributed by atoms with Crippen LogP contribution in [0.25, 0.3) is 22.4 Å². The predicted molar refractivity (Wildman–Crippen MR) is 106 cm³/mol. The molecular formula is C22H26N4. The van der Waals surface area contributed by atoms with E-state index in [1.165, 1.54) is 43.6 Å². The van der Waals surface area contributed by atoms with Gasteiger partial charge in [0.15, 0.2) is 0 Å². The van der Waals surface area contributed by atoms with Crippen molar-refractivity contribution in [1.82, 2.24) is 19.8 Å². The molecule has 26 heavy (non-hydrogen) atoms. The number of para-hydroxylation sites is 2. The molecule has 3 aliphatic heterocycles. The van der Waals surface area contributed by atoms with Crippen molar-refractivity contribution in [3.05, 3.63) is 54.6 Å². The van der Waals surface area contributed by atoms with Gasteiger partial charge < -0.3 is 14.8 Å². The highest BCUT2D eigenvalue weighted by molar-refractivity contribution is 5.80. The Balaban J connectivity index is 1.38. The van der Waals surface area contributed by atoms with Crippen molar-refractivity contribution in [2.24, 2.45) is 5.92 Å². The summed E-state index contributed by atoms with van der Waals surface area (Å²) in [5, 5.41) is 3.84. The molecule has 3 saturated heterocycles. The summed E-state index contributed by atoms with van der Waals surface area (Å²) in [7, 11) is 0. The number of nitrogens with one attached hydrogen (secondary N) is 1. The third-order valence-corrected chi connectivity index (χ3v) is 6.08. The second kappa shape index (κ2) is 6.86. The Morgan fingerprint density at radius 2 is 1.73 bits per heavy atom. The molecule has 134 valence electrons. The zero-order valence-corrected chi connectivity index (χ0v) is 15.1. The summed E-state index contributed by atoms with van der Waals surface area (Å²) in [6.07, 6.45) is 2.72. The number of aromatic nitrogens is 2. The molecule has 0 saturated carbocycles. The van der Waals surface area contributed by atoms with Gasteiger partial charge in [0.05, 0.1) is 11.0 Å². The third kappa shape index (κ3) is 2.93. The first kappa shape index (κ1) is 16.0. The average molecular weight is 346 g/mol. The third-order valence-electron chi connectivity index (χ3n) is 6.08. The zero-order chi connectivity index (χ0) is 17.3. The Bertz CT molecular complexity index is 878. The summed E-state index contributed by atoms with van der Waals surface area (Å²) in [5.74, 6) is 1.94. The average Bonchev–Trinajstić information content (AvgIpc) is 3.08. The smallest absolute Gasteiger partial charge is 0.141 e. The van der Waals surface area contributed by atoms with Crippen molar-refractivity contribution >= 4 is 11.0 Å². The summed E-state index contributed by atoms with van der Waals surface area (Å²) in [6, 6.07) is 19.7. The van der Waals surface area contributed by atoms with Crippen molar-refractivity contribution in [2.75, 3.05) is 26.2 Å². The van der Waals surface area contributed by atoms with Gasteiger partial charge in [-0.15, -0.1) is 0 Å². The van der Waals surface area contributed by atoms with Crippen LogP contribution in [0.5, 0.6) is 0 Å². The lowest BCUT2D eigenvalue weighted by Gasteiger charge is -2.45. The van der Waals surface area contributed by atoms with Gasteiger partial charge >= 0.3 is 0 Å². The lowest BCUT2D eigenvalue weighted by molar-refractivity contribution is 0.0725. The van der Waals surface area contributed by atoms with Gasteiger partial charge in [0.25, 0.3) is 0 Å². The van der Waals surface area contributed by atoms with Crippen LogP contribution in [-0.4, -0.2) is 46.7 Å². The molecule has 6 rings (SSSR count). The van der Waals surface area contributed by atoms with E-state index >= 15 is 0 Å². The first-order chi connectivity index (χ1) is 12.9. The number of benzene rings is 2. The van der Waals surface area contributed by atoms with E-state index < -0.39 is 0 Å². The van der Waals surface area contributed by atoms with Gasteiger partial charge in [-0.05, 0) is 44.0 Å². The Kier molecular flexibility index (Phi) is 4.23. The predicted octanol–water partition coefficient (Wildman–Crippen LogP) is 3.39. The summed E-state index contributed by atoms with van der Waals surface area (Å²) >= 11 is 0. The Hall–Kier alpha value is -2.17. The molecule has 0 unspecified atom stereocenters. The quantitative estimate of drug-likeness (QED) is 0.769. The molecule has 4 heteroatoms. The Morgan fingerprint density at radius 1 is 0.962 bits per heavy atom. The van der Waals surface area contributed by atoms with Crippen LogP contribution in [0.4, 0.5) is 0 Å². The van der Waals surface area contributed by atoms with E-state index in [9.17, 15) is 0 Å². The molecule has 3 aliphatic rings. The van der Waals surface area contributed by atoms with E-state index in [0.29, 0.717) is 6.04 Å². The van der Waals surface area contributed by atoms with Crippen LogP contribution in [0, 0.1) is 5.92 Å². The molecule has 2 aromatic carbocycles. The largest absolute Gasteiger partial charge is 0.323 e. The molecule has 3 fully saturated rings. The van der Waals surface area contributed by atoms with Crippen LogP contribution in [-0.2, 0) is 6.54 Å². The number of imidazole rings is 1. The number of fused-ring (bicyclic) bond motifs is 4. The highest BCUT2D eigenvalue weighted by Gasteiger charge is 2.33. The molecule has 4 nitrogen and oxygen atoms in total. The van der Waals surface area contributed by atoms with Gasteiger partial charge in [-0.1, -0.05) is 42.5 Å². The molecule has 3 aromatic rings. The highest BCUT2D eigenvalue weighted by atomic mass is 15.2. The minimum atomic E-state index is 0.660. The summed E-state index contributed by atoms with van der Waals surface area (Å²) in [5.41, 5.74) is 3.49. The molecule has 2 bridgehead atoms. The molecule has 4 heterocycles. The molecule has 1 atom stereocenters. The lowest BCUT2D eigenvalue weighted by atomic mass is 9.84. The maximum Gasteiger partial charge on any atom is 0.141 e. The van der Waals surface area contributed by atoms with E-state index in [1.807, 2.05) is 0 Å². The van der Waals surface area contributed by atoms with Crippen molar-refractivity contribution in [2.45, 2.75) is 25.4 Å². The molecule has 0 spiro atoms. The topological polar surface area (TPSA) is 33.1 Å². The zero-order valence-electron chi connectivity index (χ0n) is 15.1. The fourth-order valence-electron chi connectivity index (χ4n) is 4.67. The van der Waals surface area contributed by atoms with Gasteiger partial charge in [-0.25, -0.2) is 4.98 Å². The maximum atomic E-state index is 4.91. The van der Waals surface area contributed by atoms with E-state index in [-0.39, 0.29) is 0 Å². The van der Waals surface area contributed by atoms with Crippen molar-refractivity contribution in [1.29, 1.82) is 0 Å².